The molecule has 0 aliphatic heterocycles. The highest BCUT2D eigenvalue weighted by molar-refractivity contribution is 7.92. The van der Waals surface area contributed by atoms with Gasteiger partial charge in [0, 0.05) is 13.1 Å². The Morgan fingerprint density at radius 2 is 1.68 bits per heavy atom. The number of hydrogen-bond acceptors (Lipinski definition) is 5. The van der Waals surface area contributed by atoms with Crippen molar-refractivity contribution in [2.75, 3.05) is 24.5 Å². The quantitative estimate of drug-likeness (QED) is 0.413. The molecule has 0 fully saturated rings. The number of carbonyl (C=O) groups excluding carboxylic acids is 2. The standard InChI is InChI=1S/C28H33N3O5S/c1-5-29-28(33)22(3)30(19-23-12-10-14-25(18-23)36-4)27(32)20-31(24-13-9-11-21(2)17-24)37(34,35)26-15-7-6-8-16-26/h6-18,22H,5,19-20H2,1-4H3,(H,29,33)/t22-/m0/s1. The first-order valence-corrected chi connectivity index (χ1v) is 13.5. The second kappa shape index (κ2) is 12.4. The van der Waals surface area contributed by atoms with Crippen molar-refractivity contribution in [3.05, 3.63) is 90.0 Å². The van der Waals surface area contributed by atoms with Crippen molar-refractivity contribution >= 4 is 27.5 Å². The van der Waals surface area contributed by atoms with E-state index in [1.54, 1.807) is 75.6 Å². The Balaban J connectivity index is 2.02. The van der Waals surface area contributed by atoms with Crippen LogP contribution in [0.4, 0.5) is 5.69 Å². The molecule has 0 spiro atoms. The number of aryl methyl sites for hydroxylation is 1. The number of nitrogens with one attached hydrogen (secondary N) is 1. The molecular formula is C28H33N3O5S. The molecule has 0 aromatic heterocycles. The van der Waals surface area contributed by atoms with E-state index in [0.29, 0.717) is 18.0 Å². The van der Waals surface area contributed by atoms with Crippen molar-refractivity contribution in [3.63, 3.8) is 0 Å². The Kier molecular flexibility index (Phi) is 9.30. The van der Waals surface area contributed by atoms with Gasteiger partial charge in [-0.3, -0.25) is 13.9 Å². The summed E-state index contributed by atoms with van der Waals surface area (Å²) in [6.45, 7) is 5.30. The lowest BCUT2D eigenvalue weighted by atomic mass is 10.1. The first kappa shape index (κ1) is 27.7. The normalized spacial score (nSPS) is 11.9. The minimum Gasteiger partial charge on any atom is -0.497 e. The van der Waals surface area contributed by atoms with E-state index in [1.807, 2.05) is 19.1 Å². The van der Waals surface area contributed by atoms with E-state index in [0.717, 1.165) is 15.4 Å². The maximum Gasteiger partial charge on any atom is 0.264 e. The van der Waals surface area contributed by atoms with Gasteiger partial charge in [0.25, 0.3) is 10.0 Å². The third-order valence-electron chi connectivity index (χ3n) is 5.91. The van der Waals surface area contributed by atoms with Gasteiger partial charge in [-0.2, -0.15) is 0 Å². The van der Waals surface area contributed by atoms with Crippen LogP contribution >= 0.6 is 0 Å². The maximum atomic E-state index is 13.8. The van der Waals surface area contributed by atoms with Crippen molar-refractivity contribution in [1.29, 1.82) is 0 Å². The molecule has 3 aromatic rings. The van der Waals surface area contributed by atoms with E-state index in [9.17, 15) is 18.0 Å². The van der Waals surface area contributed by atoms with Crippen LogP contribution in [-0.4, -0.2) is 51.4 Å². The number of anilines is 1. The summed E-state index contributed by atoms with van der Waals surface area (Å²) in [4.78, 5) is 28.0. The molecule has 0 unspecified atom stereocenters. The fourth-order valence-corrected chi connectivity index (χ4v) is 5.33. The van der Waals surface area contributed by atoms with Crippen LogP contribution in [0.3, 0.4) is 0 Å². The summed E-state index contributed by atoms with van der Waals surface area (Å²) in [5.41, 5.74) is 1.96. The lowest BCUT2D eigenvalue weighted by Crippen LogP contribution is -2.51. The van der Waals surface area contributed by atoms with Crippen LogP contribution in [0.15, 0.2) is 83.8 Å². The zero-order valence-corrected chi connectivity index (χ0v) is 22.4. The molecule has 1 atom stereocenters. The van der Waals surface area contributed by atoms with Crippen LogP contribution in [0.1, 0.15) is 25.0 Å². The van der Waals surface area contributed by atoms with Crippen molar-refractivity contribution in [2.45, 2.75) is 38.3 Å². The first-order chi connectivity index (χ1) is 17.7. The summed E-state index contributed by atoms with van der Waals surface area (Å²) in [7, 11) is -2.52. The number of methoxy groups -OCH3 is 1. The molecule has 0 heterocycles. The molecule has 0 bridgehead atoms. The van der Waals surface area contributed by atoms with Gasteiger partial charge < -0.3 is 15.0 Å². The molecule has 8 nitrogen and oxygen atoms in total. The number of nitrogens with zero attached hydrogens (tertiary/aromatic N) is 2. The van der Waals surface area contributed by atoms with Crippen molar-refractivity contribution in [2.24, 2.45) is 0 Å². The SMILES string of the molecule is CCNC(=O)[C@H](C)N(Cc1cccc(OC)c1)C(=O)CN(c1cccc(C)c1)S(=O)(=O)c1ccccc1. The van der Waals surface area contributed by atoms with Crippen LogP contribution in [0, 0.1) is 6.92 Å². The second-order valence-electron chi connectivity index (χ2n) is 8.61. The van der Waals surface area contributed by atoms with Crippen LogP contribution < -0.4 is 14.4 Å². The van der Waals surface area contributed by atoms with Crippen molar-refractivity contribution in [1.82, 2.24) is 10.2 Å². The molecule has 0 aliphatic carbocycles. The van der Waals surface area contributed by atoms with E-state index in [-0.39, 0.29) is 17.3 Å². The highest BCUT2D eigenvalue weighted by Crippen LogP contribution is 2.25. The molecule has 0 saturated heterocycles. The third-order valence-corrected chi connectivity index (χ3v) is 7.69. The average molecular weight is 524 g/mol. The Hall–Kier alpha value is -3.85. The fourth-order valence-electron chi connectivity index (χ4n) is 3.90. The molecule has 2 amide bonds. The van der Waals surface area contributed by atoms with Crippen LogP contribution in [0.2, 0.25) is 0 Å². The molecule has 196 valence electrons. The van der Waals surface area contributed by atoms with Crippen molar-refractivity contribution in [3.8, 4) is 5.75 Å². The van der Waals surface area contributed by atoms with Gasteiger partial charge in [-0.1, -0.05) is 42.5 Å². The Bertz CT molecular complexity index is 1330. The summed E-state index contributed by atoms with van der Waals surface area (Å²) >= 11 is 0. The molecule has 9 heteroatoms. The van der Waals surface area contributed by atoms with E-state index < -0.39 is 28.5 Å². The molecule has 1 N–H and O–H groups in total. The van der Waals surface area contributed by atoms with Gasteiger partial charge in [0.2, 0.25) is 11.8 Å². The van der Waals surface area contributed by atoms with E-state index in [1.165, 1.54) is 17.0 Å². The summed E-state index contributed by atoms with van der Waals surface area (Å²) in [6, 6.07) is 21.3. The highest BCUT2D eigenvalue weighted by Gasteiger charge is 2.32. The molecule has 3 aromatic carbocycles. The number of likely N-dealkylation sites (N-methyl/N-ethyl adjacent to an activating group) is 1. The number of sulfonamides is 1. The minimum absolute atomic E-state index is 0.0698. The lowest BCUT2D eigenvalue weighted by molar-refractivity contribution is -0.139. The molecule has 37 heavy (non-hydrogen) atoms. The predicted octanol–water partition coefficient (Wildman–Crippen LogP) is 3.75. The summed E-state index contributed by atoms with van der Waals surface area (Å²) in [5.74, 6) is -0.224. The van der Waals surface area contributed by atoms with Gasteiger partial charge in [0.05, 0.1) is 17.7 Å². The van der Waals surface area contributed by atoms with Crippen LogP contribution in [0.5, 0.6) is 5.75 Å². The average Bonchev–Trinajstić information content (AvgIpc) is 2.90. The van der Waals surface area contributed by atoms with Gasteiger partial charge in [-0.15, -0.1) is 0 Å². The largest absolute Gasteiger partial charge is 0.497 e. The lowest BCUT2D eigenvalue weighted by Gasteiger charge is -2.32. The topological polar surface area (TPSA) is 96.0 Å². The molecule has 3 rings (SSSR count). The maximum absolute atomic E-state index is 13.8. The minimum atomic E-state index is -4.07. The smallest absolute Gasteiger partial charge is 0.264 e. The number of benzene rings is 3. The van der Waals surface area contributed by atoms with Crippen molar-refractivity contribution < 1.29 is 22.7 Å². The van der Waals surface area contributed by atoms with Crippen LogP contribution in [0.25, 0.3) is 0 Å². The number of amides is 2. The van der Waals surface area contributed by atoms with Crippen LogP contribution in [-0.2, 0) is 26.2 Å². The molecule has 0 radical (unpaired) electrons. The van der Waals surface area contributed by atoms with Gasteiger partial charge in [-0.05, 0) is 68.3 Å². The summed E-state index contributed by atoms with van der Waals surface area (Å²) < 4.78 is 33.8. The van der Waals surface area contributed by atoms with Gasteiger partial charge in [0.15, 0.2) is 0 Å². The Morgan fingerprint density at radius 3 is 2.32 bits per heavy atom. The third kappa shape index (κ3) is 6.89. The van der Waals surface area contributed by atoms with Gasteiger partial charge in [-0.25, -0.2) is 8.42 Å². The monoisotopic (exact) mass is 523 g/mol. The number of ether oxygens (including phenoxy) is 1. The molecular weight excluding hydrogens is 490 g/mol. The van der Waals surface area contributed by atoms with E-state index >= 15 is 0 Å². The number of hydrogen-bond donors (Lipinski definition) is 1. The number of rotatable bonds is 11. The Labute approximate surface area is 218 Å². The highest BCUT2D eigenvalue weighted by atomic mass is 32.2. The fraction of sp³-hybridized carbons (Fsp3) is 0.286. The number of carbonyl (C=O) groups is 2. The summed E-state index contributed by atoms with van der Waals surface area (Å²) in [5, 5.41) is 2.75. The predicted molar refractivity (Wildman–Crippen MR) is 144 cm³/mol. The van der Waals surface area contributed by atoms with Gasteiger partial charge in [0.1, 0.15) is 18.3 Å². The molecule has 0 saturated carbocycles. The first-order valence-electron chi connectivity index (χ1n) is 12.0. The molecule has 0 aliphatic rings. The second-order valence-corrected chi connectivity index (χ2v) is 10.5. The van der Waals surface area contributed by atoms with E-state index in [2.05, 4.69) is 5.32 Å². The zero-order chi connectivity index (χ0) is 27.0. The van der Waals surface area contributed by atoms with E-state index in [4.69, 9.17) is 4.74 Å². The zero-order valence-electron chi connectivity index (χ0n) is 21.5. The Morgan fingerprint density at radius 1 is 0.973 bits per heavy atom. The van der Waals surface area contributed by atoms with Gasteiger partial charge >= 0.3 is 0 Å². The summed E-state index contributed by atoms with van der Waals surface area (Å²) in [6.07, 6.45) is 0.